The maximum absolute atomic E-state index is 13.4. The van der Waals surface area contributed by atoms with Crippen LogP contribution in [-0.2, 0) is 9.53 Å². The fourth-order valence-corrected chi connectivity index (χ4v) is 5.54. The number of fused-ring (bicyclic) bond motifs is 1. The summed E-state index contributed by atoms with van der Waals surface area (Å²) in [7, 11) is 1.53. The summed E-state index contributed by atoms with van der Waals surface area (Å²) in [5.41, 5.74) is 1.49. The van der Waals surface area contributed by atoms with Crippen LogP contribution in [0.2, 0.25) is 0 Å². The number of nitrogens with zero attached hydrogens (tertiary/aromatic N) is 3. The maximum atomic E-state index is 13.4. The molecule has 0 bridgehead atoms. The molecule has 2 aliphatic heterocycles. The lowest BCUT2D eigenvalue weighted by Gasteiger charge is -2.27. The molecular weight excluding hydrogens is 454 g/mol. The first-order valence-corrected chi connectivity index (χ1v) is 12.3. The Kier molecular flexibility index (Phi) is 6.64. The molecule has 9 heteroatoms. The summed E-state index contributed by atoms with van der Waals surface area (Å²) in [6.45, 7) is 2.82. The molecule has 5 rings (SSSR count). The summed E-state index contributed by atoms with van der Waals surface area (Å²) >= 11 is 1.65. The minimum absolute atomic E-state index is 0.0297. The van der Waals surface area contributed by atoms with Crippen LogP contribution >= 0.6 is 11.3 Å². The SMILES string of the molecule is COc1cc(C(=O)N2CCC[C@H]2c2nc3ccccc3s2)ccc1OCC(=O)N1CCOCC1. The van der Waals surface area contributed by atoms with Crippen molar-refractivity contribution < 1.29 is 23.8 Å². The van der Waals surface area contributed by atoms with Gasteiger partial charge in [0, 0.05) is 25.2 Å². The van der Waals surface area contributed by atoms with Gasteiger partial charge in [-0.3, -0.25) is 9.59 Å². The van der Waals surface area contributed by atoms with Crippen molar-refractivity contribution in [1.82, 2.24) is 14.8 Å². The van der Waals surface area contributed by atoms with Crippen molar-refractivity contribution in [3.05, 3.63) is 53.0 Å². The van der Waals surface area contributed by atoms with Crippen molar-refractivity contribution in [1.29, 1.82) is 0 Å². The van der Waals surface area contributed by atoms with E-state index in [1.54, 1.807) is 34.4 Å². The van der Waals surface area contributed by atoms with Gasteiger partial charge in [0.2, 0.25) is 0 Å². The quantitative estimate of drug-likeness (QED) is 0.536. The molecule has 2 fully saturated rings. The normalized spacial score (nSPS) is 18.3. The maximum Gasteiger partial charge on any atom is 0.260 e. The lowest BCUT2D eigenvalue weighted by Crippen LogP contribution is -2.43. The molecule has 2 amide bonds. The molecule has 0 spiro atoms. The van der Waals surface area contributed by atoms with Gasteiger partial charge in [0.05, 0.1) is 36.6 Å². The summed E-state index contributed by atoms with van der Waals surface area (Å²) in [6.07, 6.45) is 1.84. The monoisotopic (exact) mass is 481 g/mol. The molecule has 178 valence electrons. The Balaban J connectivity index is 1.29. The zero-order valence-corrected chi connectivity index (χ0v) is 19.9. The number of amides is 2. The van der Waals surface area contributed by atoms with E-state index >= 15 is 0 Å². The van der Waals surface area contributed by atoms with E-state index in [1.807, 2.05) is 23.1 Å². The Morgan fingerprint density at radius 2 is 1.94 bits per heavy atom. The second kappa shape index (κ2) is 9.99. The van der Waals surface area contributed by atoms with Crippen LogP contribution in [0.5, 0.6) is 11.5 Å². The number of likely N-dealkylation sites (tertiary alicyclic amines) is 1. The smallest absolute Gasteiger partial charge is 0.260 e. The molecule has 34 heavy (non-hydrogen) atoms. The first kappa shape index (κ1) is 22.6. The van der Waals surface area contributed by atoms with E-state index in [0.29, 0.717) is 49.9 Å². The largest absolute Gasteiger partial charge is 0.493 e. The van der Waals surface area contributed by atoms with Crippen LogP contribution in [0.15, 0.2) is 42.5 Å². The van der Waals surface area contributed by atoms with E-state index in [2.05, 4.69) is 6.07 Å². The van der Waals surface area contributed by atoms with Gasteiger partial charge < -0.3 is 24.0 Å². The van der Waals surface area contributed by atoms with Gasteiger partial charge in [-0.25, -0.2) is 4.98 Å². The topological polar surface area (TPSA) is 81.2 Å². The average molecular weight is 482 g/mol. The number of carbonyl (C=O) groups is 2. The highest BCUT2D eigenvalue weighted by Crippen LogP contribution is 2.38. The third-order valence-electron chi connectivity index (χ3n) is 6.23. The third-order valence-corrected chi connectivity index (χ3v) is 7.37. The third kappa shape index (κ3) is 4.58. The van der Waals surface area contributed by atoms with Crippen molar-refractivity contribution in [2.24, 2.45) is 0 Å². The van der Waals surface area contributed by atoms with Gasteiger partial charge in [0.15, 0.2) is 18.1 Å². The lowest BCUT2D eigenvalue weighted by molar-refractivity contribution is -0.137. The highest BCUT2D eigenvalue weighted by atomic mass is 32.1. The Morgan fingerprint density at radius 1 is 1.12 bits per heavy atom. The fourth-order valence-electron chi connectivity index (χ4n) is 4.43. The molecule has 0 N–H and O–H groups in total. The molecule has 2 aliphatic rings. The number of methoxy groups -OCH3 is 1. The molecule has 0 saturated carbocycles. The number of aromatic nitrogens is 1. The highest BCUT2D eigenvalue weighted by molar-refractivity contribution is 7.18. The number of thiazole rings is 1. The first-order valence-electron chi connectivity index (χ1n) is 11.5. The molecule has 3 heterocycles. The summed E-state index contributed by atoms with van der Waals surface area (Å²) in [6, 6.07) is 13.1. The highest BCUT2D eigenvalue weighted by Gasteiger charge is 2.33. The van der Waals surface area contributed by atoms with E-state index in [4.69, 9.17) is 19.2 Å². The van der Waals surface area contributed by atoms with E-state index in [0.717, 1.165) is 28.1 Å². The van der Waals surface area contributed by atoms with E-state index in [1.165, 1.54) is 7.11 Å². The molecule has 0 unspecified atom stereocenters. The molecule has 1 aromatic heterocycles. The van der Waals surface area contributed by atoms with E-state index < -0.39 is 0 Å². The van der Waals surface area contributed by atoms with Gasteiger partial charge >= 0.3 is 0 Å². The molecule has 0 radical (unpaired) electrons. The average Bonchev–Trinajstić information content (AvgIpc) is 3.54. The molecule has 2 saturated heterocycles. The fraction of sp³-hybridized carbons (Fsp3) is 0.400. The zero-order chi connectivity index (χ0) is 23.5. The van der Waals surface area contributed by atoms with Crippen molar-refractivity contribution in [2.45, 2.75) is 18.9 Å². The molecular formula is C25H27N3O5S. The number of morpholine rings is 1. The van der Waals surface area contributed by atoms with Crippen LogP contribution in [0.25, 0.3) is 10.2 Å². The van der Waals surface area contributed by atoms with Crippen molar-refractivity contribution >= 4 is 33.4 Å². The van der Waals surface area contributed by atoms with Gasteiger partial charge in [0.25, 0.3) is 11.8 Å². The molecule has 2 aromatic carbocycles. The molecule has 8 nitrogen and oxygen atoms in total. The minimum Gasteiger partial charge on any atom is -0.493 e. The lowest BCUT2D eigenvalue weighted by atomic mass is 10.1. The minimum atomic E-state index is -0.0961. The van der Waals surface area contributed by atoms with Crippen LogP contribution in [0.3, 0.4) is 0 Å². The van der Waals surface area contributed by atoms with Crippen LogP contribution in [0.1, 0.15) is 34.2 Å². The van der Waals surface area contributed by atoms with E-state index in [-0.39, 0.29) is 24.5 Å². The predicted molar refractivity (Wildman–Crippen MR) is 129 cm³/mol. The molecule has 0 aliphatic carbocycles. The number of hydrogen-bond acceptors (Lipinski definition) is 7. The number of ether oxygens (including phenoxy) is 3. The van der Waals surface area contributed by atoms with Crippen LogP contribution in [-0.4, -0.2) is 73.2 Å². The summed E-state index contributed by atoms with van der Waals surface area (Å²) in [4.78, 5) is 34.2. The van der Waals surface area contributed by atoms with Crippen LogP contribution in [0, 0.1) is 0 Å². The predicted octanol–water partition coefficient (Wildman–Crippen LogP) is 3.52. The van der Waals surface area contributed by atoms with Crippen LogP contribution in [0.4, 0.5) is 0 Å². The number of para-hydroxylation sites is 1. The number of hydrogen-bond donors (Lipinski definition) is 0. The first-order chi connectivity index (χ1) is 16.6. The van der Waals surface area contributed by atoms with Crippen molar-refractivity contribution in [3.8, 4) is 11.5 Å². The second-order valence-electron chi connectivity index (χ2n) is 8.32. The summed E-state index contributed by atoms with van der Waals surface area (Å²) < 4.78 is 17.6. The van der Waals surface area contributed by atoms with Crippen molar-refractivity contribution in [2.75, 3.05) is 46.6 Å². The Hall–Kier alpha value is -3.17. The van der Waals surface area contributed by atoms with Gasteiger partial charge in [-0.05, 0) is 43.2 Å². The Morgan fingerprint density at radius 3 is 2.74 bits per heavy atom. The molecule has 1 atom stereocenters. The standard InChI is InChI=1S/C25H27N3O5S/c1-31-21-15-17(8-9-20(21)33-16-23(29)27-11-13-32-14-12-27)25(30)28-10-4-6-19(28)24-26-18-5-2-3-7-22(18)34-24/h2-3,5,7-9,15,19H,4,6,10-14,16H2,1H3/t19-/m0/s1. The summed E-state index contributed by atoms with van der Waals surface area (Å²) in [5.74, 6) is 0.707. The Bertz CT molecular complexity index is 1160. The number of carbonyl (C=O) groups excluding carboxylic acids is 2. The molecule has 3 aromatic rings. The zero-order valence-electron chi connectivity index (χ0n) is 19.1. The summed E-state index contributed by atoms with van der Waals surface area (Å²) in [5, 5.41) is 0.973. The number of benzene rings is 2. The van der Waals surface area contributed by atoms with Crippen molar-refractivity contribution in [3.63, 3.8) is 0 Å². The van der Waals surface area contributed by atoms with Gasteiger partial charge in [0.1, 0.15) is 5.01 Å². The number of rotatable bonds is 6. The van der Waals surface area contributed by atoms with E-state index in [9.17, 15) is 9.59 Å². The Labute approximate surface area is 202 Å². The van der Waals surface area contributed by atoms with Crippen LogP contribution < -0.4 is 9.47 Å². The van der Waals surface area contributed by atoms with Gasteiger partial charge in [-0.15, -0.1) is 11.3 Å². The second-order valence-corrected chi connectivity index (χ2v) is 9.39. The van der Waals surface area contributed by atoms with Gasteiger partial charge in [-0.2, -0.15) is 0 Å². The van der Waals surface area contributed by atoms with Gasteiger partial charge in [-0.1, -0.05) is 12.1 Å².